The summed E-state index contributed by atoms with van der Waals surface area (Å²) in [7, 11) is 3.08. The molecule has 1 unspecified atom stereocenters. The summed E-state index contributed by atoms with van der Waals surface area (Å²) in [5.41, 5.74) is 1.79. The molecule has 8 nitrogen and oxygen atoms in total. The molecular formula is C25H26N2O6. The van der Waals surface area contributed by atoms with Gasteiger partial charge in [0.1, 0.15) is 0 Å². The highest BCUT2D eigenvalue weighted by Crippen LogP contribution is 2.48. The van der Waals surface area contributed by atoms with E-state index >= 15 is 0 Å². The number of non-ortho nitro benzene ring substituents is 1. The molecule has 8 heteroatoms. The molecule has 0 saturated heterocycles. The average molecular weight is 450 g/mol. The summed E-state index contributed by atoms with van der Waals surface area (Å²) in [5, 5.41) is 11.5. The van der Waals surface area contributed by atoms with E-state index in [1.54, 1.807) is 25.3 Å². The summed E-state index contributed by atoms with van der Waals surface area (Å²) < 4.78 is 10.8. The van der Waals surface area contributed by atoms with Crippen LogP contribution >= 0.6 is 0 Å². The highest BCUT2D eigenvalue weighted by Gasteiger charge is 2.44. The molecule has 1 heterocycles. The van der Waals surface area contributed by atoms with Crippen LogP contribution in [0.25, 0.3) is 0 Å². The van der Waals surface area contributed by atoms with Crippen molar-refractivity contribution in [1.82, 2.24) is 0 Å². The summed E-state index contributed by atoms with van der Waals surface area (Å²) in [6.45, 7) is 3.98. The number of nitrogens with zero attached hydrogens (tertiary/aromatic N) is 2. The number of hydrogen-bond acceptors (Lipinski definition) is 7. The number of rotatable bonds is 5. The van der Waals surface area contributed by atoms with Gasteiger partial charge in [0, 0.05) is 36.4 Å². The smallest absolute Gasteiger partial charge is 0.271 e. The van der Waals surface area contributed by atoms with Crippen molar-refractivity contribution in [3.8, 4) is 11.5 Å². The number of carbonyl (C=O) groups is 2. The maximum absolute atomic E-state index is 13.2. The molecule has 172 valence electrons. The van der Waals surface area contributed by atoms with Crippen LogP contribution in [0.5, 0.6) is 11.5 Å². The van der Waals surface area contributed by atoms with Gasteiger partial charge < -0.3 is 14.4 Å². The van der Waals surface area contributed by atoms with E-state index in [1.165, 1.54) is 19.2 Å². The standard InChI is InChI=1S/C25H26N2O6/c1-25(2)13-19-24(21(29)14-25)20(28)12-18(15-8-9-22(32-3)23(10-15)33-4)26(19)16-6-5-7-17(11-16)27(30)31/h5-11,18H,12-14H2,1-4H3. The number of methoxy groups -OCH3 is 2. The molecule has 0 N–H and O–H groups in total. The van der Waals surface area contributed by atoms with E-state index < -0.39 is 11.0 Å². The van der Waals surface area contributed by atoms with Crippen LogP contribution in [-0.4, -0.2) is 30.7 Å². The van der Waals surface area contributed by atoms with Gasteiger partial charge in [-0.05, 0) is 35.6 Å². The van der Waals surface area contributed by atoms with Crippen molar-refractivity contribution in [1.29, 1.82) is 0 Å². The van der Waals surface area contributed by atoms with Crippen LogP contribution in [0.1, 0.15) is 44.7 Å². The molecule has 1 atom stereocenters. The topological polar surface area (TPSA) is 99.0 Å². The van der Waals surface area contributed by atoms with Gasteiger partial charge in [-0.15, -0.1) is 0 Å². The first-order valence-corrected chi connectivity index (χ1v) is 10.7. The number of ketones is 2. The van der Waals surface area contributed by atoms with Crippen LogP contribution < -0.4 is 14.4 Å². The molecule has 2 aromatic carbocycles. The zero-order chi connectivity index (χ0) is 23.9. The van der Waals surface area contributed by atoms with Gasteiger partial charge >= 0.3 is 0 Å². The molecule has 4 rings (SSSR count). The molecule has 0 bridgehead atoms. The Morgan fingerprint density at radius 1 is 1.00 bits per heavy atom. The number of allylic oxidation sites excluding steroid dienone is 2. The molecule has 1 aliphatic heterocycles. The van der Waals surface area contributed by atoms with Gasteiger partial charge in [0.25, 0.3) is 5.69 Å². The predicted molar refractivity (Wildman–Crippen MR) is 123 cm³/mol. The molecular weight excluding hydrogens is 424 g/mol. The van der Waals surface area contributed by atoms with E-state index in [1.807, 2.05) is 30.9 Å². The second kappa shape index (κ2) is 8.35. The van der Waals surface area contributed by atoms with Crippen LogP contribution in [0.3, 0.4) is 0 Å². The lowest BCUT2D eigenvalue weighted by atomic mass is 9.72. The van der Waals surface area contributed by atoms with E-state index in [0.717, 1.165) is 5.56 Å². The summed E-state index contributed by atoms with van der Waals surface area (Å²) in [6.07, 6.45) is 0.872. The Bertz CT molecular complexity index is 1180. The fourth-order valence-corrected chi connectivity index (χ4v) is 4.79. The first-order chi connectivity index (χ1) is 15.6. The third kappa shape index (κ3) is 4.08. The lowest BCUT2D eigenvalue weighted by molar-refractivity contribution is -0.384. The van der Waals surface area contributed by atoms with Crippen molar-refractivity contribution in [3.63, 3.8) is 0 Å². The van der Waals surface area contributed by atoms with Gasteiger partial charge in [-0.1, -0.05) is 26.0 Å². The Kier molecular flexibility index (Phi) is 5.69. The zero-order valence-electron chi connectivity index (χ0n) is 19.1. The number of carbonyl (C=O) groups excluding carboxylic acids is 2. The Morgan fingerprint density at radius 3 is 2.39 bits per heavy atom. The van der Waals surface area contributed by atoms with Crippen LogP contribution in [0.15, 0.2) is 53.7 Å². The van der Waals surface area contributed by atoms with Crippen molar-refractivity contribution in [2.24, 2.45) is 5.41 Å². The van der Waals surface area contributed by atoms with Crippen molar-refractivity contribution in [3.05, 3.63) is 69.4 Å². The van der Waals surface area contributed by atoms with Gasteiger partial charge in [-0.2, -0.15) is 0 Å². The highest BCUT2D eigenvalue weighted by molar-refractivity contribution is 6.22. The van der Waals surface area contributed by atoms with Gasteiger partial charge in [0.2, 0.25) is 0 Å². The molecule has 33 heavy (non-hydrogen) atoms. The van der Waals surface area contributed by atoms with Crippen LogP contribution in [0.2, 0.25) is 0 Å². The first-order valence-electron chi connectivity index (χ1n) is 10.7. The van der Waals surface area contributed by atoms with E-state index in [-0.39, 0.29) is 34.7 Å². The molecule has 0 radical (unpaired) electrons. The van der Waals surface area contributed by atoms with Gasteiger partial charge in [-0.25, -0.2) is 0 Å². The predicted octanol–water partition coefficient (Wildman–Crippen LogP) is 4.78. The lowest BCUT2D eigenvalue weighted by Crippen LogP contribution is -2.43. The SMILES string of the molecule is COc1ccc(C2CC(=O)C3=C(CC(C)(C)CC3=O)N2c2cccc([N+](=O)[O-])c2)cc1OC. The quantitative estimate of drug-likeness (QED) is 0.367. The Labute approximate surface area is 191 Å². The number of Topliss-reactive ketones (excluding diaryl/α,β-unsaturated/α-hetero) is 2. The Morgan fingerprint density at radius 2 is 1.73 bits per heavy atom. The molecule has 0 saturated carbocycles. The number of nitro groups is 1. The molecule has 0 fully saturated rings. The number of anilines is 1. The normalized spacial score (nSPS) is 19.9. The number of benzene rings is 2. The van der Waals surface area contributed by atoms with Crippen LogP contribution in [0, 0.1) is 15.5 Å². The Hall–Kier alpha value is -3.68. The third-order valence-electron chi connectivity index (χ3n) is 6.22. The zero-order valence-corrected chi connectivity index (χ0v) is 19.1. The van der Waals surface area contributed by atoms with E-state index in [2.05, 4.69) is 0 Å². The van der Waals surface area contributed by atoms with E-state index in [0.29, 0.717) is 35.7 Å². The van der Waals surface area contributed by atoms with Crippen molar-refractivity contribution in [2.45, 2.75) is 39.2 Å². The molecule has 1 aliphatic carbocycles. The molecule has 0 aromatic heterocycles. The lowest BCUT2D eigenvalue weighted by Gasteiger charge is -2.45. The number of hydrogen-bond donors (Lipinski definition) is 0. The second-order valence-electron chi connectivity index (χ2n) is 9.17. The van der Waals surface area contributed by atoms with Crippen LogP contribution in [0.4, 0.5) is 11.4 Å². The van der Waals surface area contributed by atoms with Gasteiger partial charge in [0.05, 0.1) is 30.8 Å². The fourth-order valence-electron chi connectivity index (χ4n) is 4.79. The molecule has 0 spiro atoms. The maximum Gasteiger partial charge on any atom is 0.271 e. The van der Waals surface area contributed by atoms with Crippen molar-refractivity contribution in [2.75, 3.05) is 19.1 Å². The molecule has 2 aliphatic rings. The second-order valence-corrected chi connectivity index (χ2v) is 9.17. The molecule has 2 aromatic rings. The van der Waals surface area contributed by atoms with Crippen molar-refractivity contribution < 1.29 is 24.0 Å². The van der Waals surface area contributed by atoms with Gasteiger partial charge in [-0.3, -0.25) is 19.7 Å². The van der Waals surface area contributed by atoms with E-state index in [9.17, 15) is 19.7 Å². The summed E-state index contributed by atoms with van der Waals surface area (Å²) >= 11 is 0. The van der Waals surface area contributed by atoms with Crippen molar-refractivity contribution >= 4 is 22.9 Å². The highest BCUT2D eigenvalue weighted by atomic mass is 16.6. The largest absolute Gasteiger partial charge is 0.493 e. The van der Waals surface area contributed by atoms with Gasteiger partial charge in [0.15, 0.2) is 23.1 Å². The minimum absolute atomic E-state index is 0.0565. The minimum atomic E-state index is -0.459. The van der Waals surface area contributed by atoms with Crippen LogP contribution in [-0.2, 0) is 9.59 Å². The first kappa shape index (κ1) is 22.5. The Balaban J connectivity index is 1.93. The third-order valence-corrected chi connectivity index (χ3v) is 6.22. The summed E-state index contributed by atoms with van der Waals surface area (Å²) in [4.78, 5) is 39.1. The average Bonchev–Trinajstić information content (AvgIpc) is 2.77. The molecule has 0 amide bonds. The monoisotopic (exact) mass is 450 g/mol. The minimum Gasteiger partial charge on any atom is -0.493 e. The maximum atomic E-state index is 13.2. The summed E-state index contributed by atoms with van der Waals surface area (Å²) in [5.74, 6) is 0.694. The number of ether oxygens (including phenoxy) is 2. The number of nitro benzene ring substituents is 1. The summed E-state index contributed by atoms with van der Waals surface area (Å²) in [6, 6.07) is 11.3. The fraction of sp³-hybridized carbons (Fsp3) is 0.360. The van der Waals surface area contributed by atoms with E-state index in [4.69, 9.17) is 9.47 Å².